The van der Waals surface area contributed by atoms with Crippen LogP contribution in [0, 0.1) is 17.8 Å². The van der Waals surface area contributed by atoms with Crippen LogP contribution in [0.4, 0.5) is 13.2 Å². The first-order valence-corrected chi connectivity index (χ1v) is 7.04. The Bertz CT molecular complexity index is 368. The fourth-order valence-corrected chi connectivity index (χ4v) is 5.66. The highest BCUT2D eigenvalue weighted by Crippen LogP contribution is 2.60. The third kappa shape index (κ3) is 1.96. The molecule has 2 nitrogen and oxygen atoms in total. The second kappa shape index (κ2) is 3.87. The highest BCUT2D eigenvalue weighted by atomic mass is 79.9. The predicted molar refractivity (Wildman–Crippen MR) is 61.1 cm³/mol. The number of carbonyl (C=O) groups excluding carboxylic acids is 1. The lowest BCUT2D eigenvalue weighted by atomic mass is 9.55. The first-order valence-electron chi connectivity index (χ1n) is 6.24. The lowest BCUT2D eigenvalue weighted by Crippen LogP contribution is -2.59. The maximum Gasteiger partial charge on any atom is 0.490 e. The summed E-state index contributed by atoms with van der Waals surface area (Å²) in [6.07, 6.45) is -0.855. The highest BCUT2D eigenvalue weighted by molar-refractivity contribution is 9.10. The summed E-state index contributed by atoms with van der Waals surface area (Å²) in [5.74, 6) is -0.772. The standard InChI is InChI=1S/C12H14BrF3O2/c13-11-4-6-1-7(5-11)3-8(2-6)9(11)18-10(17)12(14,15)16/h6-9H,1-5H2/t6-,7+,8?,9?,11?. The van der Waals surface area contributed by atoms with E-state index in [0.29, 0.717) is 11.8 Å². The number of carbonyl (C=O) groups is 1. The third-order valence-electron chi connectivity index (χ3n) is 4.60. The predicted octanol–water partition coefficient (Wildman–Crippen LogP) is 3.43. The molecule has 18 heavy (non-hydrogen) atoms. The van der Waals surface area contributed by atoms with Crippen LogP contribution in [0.15, 0.2) is 0 Å². The van der Waals surface area contributed by atoms with E-state index in [2.05, 4.69) is 15.9 Å². The molecule has 0 aromatic rings. The van der Waals surface area contributed by atoms with Gasteiger partial charge in [0.05, 0.1) is 4.32 Å². The molecule has 0 N–H and O–H groups in total. The SMILES string of the molecule is O=C(OC1C2C[C@@H]3C[C@H](C2)CC1(Br)C3)C(F)(F)F. The van der Waals surface area contributed by atoms with Crippen molar-refractivity contribution in [2.75, 3.05) is 0 Å². The van der Waals surface area contributed by atoms with E-state index in [-0.39, 0.29) is 5.92 Å². The number of rotatable bonds is 1. The van der Waals surface area contributed by atoms with Gasteiger partial charge in [-0.3, -0.25) is 0 Å². The molecule has 0 aliphatic heterocycles. The van der Waals surface area contributed by atoms with Crippen molar-refractivity contribution in [1.29, 1.82) is 0 Å². The fourth-order valence-electron chi connectivity index (χ4n) is 4.28. The average Bonchev–Trinajstić information content (AvgIpc) is 2.20. The van der Waals surface area contributed by atoms with Crippen molar-refractivity contribution in [2.45, 2.75) is 48.7 Å². The van der Waals surface area contributed by atoms with Crippen molar-refractivity contribution < 1.29 is 22.7 Å². The van der Waals surface area contributed by atoms with Crippen LogP contribution in [0.2, 0.25) is 0 Å². The van der Waals surface area contributed by atoms with Crippen LogP contribution in [0.25, 0.3) is 0 Å². The molecule has 0 saturated heterocycles. The second-order valence-electron chi connectivity index (χ2n) is 5.97. The van der Waals surface area contributed by atoms with Gasteiger partial charge in [-0.15, -0.1) is 0 Å². The summed E-state index contributed by atoms with van der Waals surface area (Å²) in [7, 11) is 0. The molecule has 0 aromatic heterocycles. The van der Waals surface area contributed by atoms with Gasteiger partial charge >= 0.3 is 12.1 Å². The Kier molecular flexibility index (Phi) is 2.74. The van der Waals surface area contributed by atoms with Crippen LogP contribution in [0.5, 0.6) is 0 Å². The van der Waals surface area contributed by atoms with E-state index in [1.807, 2.05) is 0 Å². The van der Waals surface area contributed by atoms with E-state index in [0.717, 1.165) is 25.7 Å². The Morgan fingerprint density at radius 3 is 2.17 bits per heavy atom. The zero-order valence-corrected chi connectivity index (χ0v) is 11.3. The molecule has 0 spiro atoms. The second-order valence-corrected chi connectivity index (χ2v) is 7.55. The molecule has 4 saturated carbocycles. The summed E-state index contributed by atoms with van der Waals surface area (Å²) in [6.45, 7) is 0. The van der Waals surface area contributed by atoms with Gasteiger partial charge < -0.3 is 4.74 Å². The number of hydrogen-bond acceptors (Lipinski definition) is 2. The fraction of sp³-hybridized carbons (Fsp3) is 0.917. The highest BCUT2D eigenvalue weighted by Gasteiger charge is 2.59. The lowest BCUT2D eigenvalue weighted by Gasteiger charge is -2.57. The Morgan fingerprint density at radius 2 is 1.72 bits per heavy atom. The third-order valence-corrected chi connectivity index (χ3v) is 5.70. The molecule has 0 amide bonds. The van der Waals surface area contributed by atoms with Crippen molar-refractivity contribution in [3.63, 3.8) is 0 Å². The molecule has 4 fully saturated rings. The molecule has 0 aromatic carbocycles. The quantitative estimate of drug-likeness (QED) is 0.545. The smallest absolute Gasteiger partial charge is 0.454 e. The summed E-state index contributed by atoms with van der Waals surface area (Å²) in [5, 5.41) is 0. The first-order chi connectivity index (χ1) is 8.28. The molecular weight excluding hydrogens is 313 g/mol. The van der Waals surface area contributed by atoms with Gasteiger partial charge in [-0.25, -0.2) is 4.79 Å². The summed E-state index contributed by atoms with van der Waals surface area (Å²) >= 11 is 3.57. The van der Waals surface area contributed by atoms with Crippen molar-refractivity contribution in [3.8, 4) is 0 Å². The number of alkyl halides is 4. The van der Waals surface area contributed by atoms with Crippen molar-refractivity contribution in [2.24, 2.45) is 17.8 Å². The normalized spacial score (nSPS) is 46.2. The zero-order chi connectivity index (χ0) is 13.1. The summed E-state index contributed by atoms with van der Waals surface area (Å²) in [4.78, 5) is 11.0. The van der Waals surface area contributed by atoms with Gasteiger partial charge in [0.2, 0.25) is 0 Å². The van der Waals surface area contributed by atoms with Crippen LogP contribution >= 0.6 is 15.9 Å². The Hall–Kier alpha value is -0.260. The Morgan fingerprint density at radius 1 is 1.17 bits per heavy atom. The van der Waals surface area contributed by atoms with Gasteiger partial charge in [-0.05, 0) is 49.9 Å². The van der Waals surface area contributed by atoms with E-state index in [1.54, 1.807) is 0 Å². The summed E-state index contributed by atoms with van der Waals surface area (Å²) in [5.41, 5.74) is 0. The molecule has 3 unspecified atom stereocenters. The van der Waals surface area contributed by atoms with Gasteiger partial charge in [0.15, 0.2) is 0 Å². The minimum Gasteiger partial charge on any atom is -0.454 e. The monoisotopic (exact) mass is 326 g/mol. The number of ether oxygens (including phenoxy) is 1. The maximum atomic E-state index is 12.3. The van der Waals surface area contributed by atoms with E-state index in [1.165, 1.54) is 6.42 Å². The lowest BCUT2D eigenvalue weighted by molar-refractivity contribution is -0.215. The molecule has 6 heteroatoms. The van der Waals surface area contributed by atoms with Crippen LogP contribution in [0.1, 0.15) is 32.1 Å². The molecule has 0 radical (unpaired) electrons. The van der Waals surface area contributed by atoms with Crippen LogP contribution in [-0.4, -0.2) is 22.6 Å². The largest absolute Gasteiger partial charge is 0.490 e. The van der Waals surface area contributed by atoms with Crippen molar-refractivity contribution in [3.05, 3.63) is 0 Å². The van der Waals surface area contributed by atoms with Crippen LogP contribution in [0.3, 0.4) is 0 Å². The molecular formula is C12H14BrF3O2. The van der Waals surface area contributed by atoms with Gasteiger partial charge in [0.1, 0.15) is 6.10 Å². The van der Waals surface area contributed by atoms with Gasteiger partial charge in [0.25, 0.3) is 0 Å². The maximum absolute atomic E-state index is 12.3. The molecule has 4 aliphatic rings. The number of halogens is 4. The Balaban J connectivity index is 1.78. The Labute approximate surface area is 111 Å². The number of hydrogen-bond donors (Lipinski definition) is 0. The molecule has 4 bridgehead atoms. The van der Waals surface area contributed by atoms with Gasteiger partial charge in [-0.2, -0.15) is 13.2 Å². The topological polar surface area (TPSA) is 26.3 Å². The van der Waals surface area contributed by atoms with Crippen LogP contribution in [-0.2, 0) is 9.53 Å². The first kappa shape index (κ1) is 12.8. The van der Waals surface area contributed by atoms with Crippen LogP contribution < -0.4 is 0 Å². The minimum atomic E-state index is -4.89. The minimum absolute atomic E-state index is 0.0990. The summed E-state index contributed by atoms with van der Waals surface area (Å²) < 4.78 is 41.3. The zero-order valence-electron chi connectivity index (χ0n) is 9.67. The van der Waals surface area contributed by atoms with E-state index in [4.69, 9.17) is 4.74 Å². The molecule has 0 heterocycles. The molecule has 102 valence electrons. The van der Waals surface area contributed by atoms with Gasteiger partial charge in [-0.1, -0.05) is 15.9 Å². The van der Waals surface area contributed by atoms with E-state index >= 15 is 0 Å². The van der Waals surface area contributed by atoms with Crippen molar-refractivity contribution >= 4 is 21.9 Å². The van der Waals surface area contributed by atoms with Gasteiger partial charge in [0, 0.05) is 0 Å². The van der Waals surface area contributed by atoms with E-state index in [9.17, 15) is 18.0 Å². The molecule has 5 atom stereocenters. The summed E-state index contributed by atoms with van der Waals surface area (Å²) in [6, 6.07) is 0. The van der Waals surface area contributed by atoms with Crippen molar-refractivity contribution in [1.82, 2.24) is 0 Å². The molecule has 4 aliphatic carbocycles. The van der Waals surface area contributed by atoms with E-state index < -0.39 is 22.6 Å². The molecule has 4 rings (SSSR count). The number of esters is 1. The average molecular weight is 327 g/mol.